The number of para-hydroxylation sites is 1. The van der Waals surface area contributed by atoms with E-state index in [-0.39, 0.29) is 18.0 Å². The number of rotatable bonds is 11. The zero-order valence-electron chi connectivity index (χ0n) is 20.0. The number of halogens is 1. The highest BCUT2D eigenvalue weighted by atomic mass is 79.9. The number of carbonyl (C=O) groups excluding carboxylic acids is 1. The monoisotopic (exact) mass is 507 g/mol. The predicted octanol–water partition coefficient (Wildman–Crippen LogP) is 5.48. The number of aromatic nitrogens is 1. The van der Waals surface area contributed by atoms with Crippen LogP contribution in [0.1, 0.15) is 63.4 Å². The first kappa shape index (κ1) is 25.1. The van der Waals surface area contributed by atoms with Crippen molar-refractivity contribution in [2.24, 2.45) is 0 Å². The van der Waals surface area contributed by atoms with Crippen molar-refractivity contribution in [3.05, 3.63) is 30.0 Å². The molecule has 1 aliphatic heterocycles. The second-order valence-corrected chi connectivity index (χ2v) is 9.87. The minimum Gasteiger partial charge on any atom is -0.490 e. The van der Waals surface area contributed by atoms with Crippen LogP contribution in [0.5, 0.6) is 5.75 Å². The van der Waals surface area contributed by atoms with Gasteiger partial charge in [-0.15, -0.1) is 0 Å². The number of hydrogen-bond acceptors (Lipinski definition) is 4. The zero-order valence-corrected chi connectivity index (χ0v) is 21.6. The lowest BCUT2D eigenvalue weighted by atomic mass is 10.0. The van der Waals surface area contributed by atoms with E-state index in [9.17, 15) is 4.79 Å². The van der Waals surface area contributed by atoms with E-state index < -0.39 is 0 Å². The van der Waals surface area contributed by atoms with Crippen molar-refractivity contribution in [1.82, 2.24) is 13.4 Å². The zero-order chi connectivity index (χ0) is 23.1. The Balaban J connectivity index is 2.06. The van der Waals surface area contributed by atoms with Gasteiger partial charge in [-0.2, -0.15) is 0 Å². The third kappa shape index (κ3) is 5.67. The summed E-state index contributed by atoms with van der Waals surface area (Å²) in [6.45, 7) is 10.3. The van der Waals surface area contributed by atoms with Crippen LogP contribution >= 0.6 is 16.1 Å². The summed E-state index contributed by atoms with van der Waals surface area (Å²) in [5.41, 5.74) is 1.76. The van der Waals surface area contributed by atoms with E-state index in [2.05, 4.69) is 62.4 Å². The Bertz CT molecular complexity index is 883. The van der Waals surface area contributed by atoms with Gasteiger partial charge in [0.05, 0.1) is 12.1 Å². The molecule has 2 aromatic rings. The molecule has 0 N–H and O–H groups in total. The van der Waals surface area contributed by atoms with E-state index >= 15 is 0 Å². The molecule has 0 bridgehead atoms. The van der Waals surface area contributed by atoms with Gasteiger partial charge in [-0.3, -0.25) is 4.79 Å². The smallest absolute Gasteiger partial charge is 0.274 e. The van der Waals surface area contributed by atoms with Gasteiger partial charge < -0.3 is 18.9 Å². The third-order valence-electron chi connectivity index (χ3n) is 6.09. The number of benzene rings is 1. The van der Waals surface area contributed by atoms with E-state index in [1.807, 2.05) is 12.1 Å². The summed E-state index contributed by atoms with van der Waals surface area (Å²) in [5, 5.41) is 1.02. The normalized spacial score (nSPS) is 17.2. The standard InChI is InChI=1S/C25H38BrN3O3/c1-5-16-32-24-21-12-6-7-13-22(21)28(15-8-9-17-31-4)23(24)25(30)29(19(2)3)20-11-10-14-27(26)18-20/h6-7,12-13,19-20H,5,8-11,14-18H2,1-4H3/t20-/m1/s1. The Hall–Kier alpha value is -1.57. The summed E-state index contributed by atoms with van der Waals surface area (Å²) in [6.07, 6.45) is 4.89. The summed E-state index contributed by atoms with van der Waals surface area (Å²) < 4.78 is 15.8. The summed E-state index contributed by atoms with van der Waals surface area (Å²) in [5.74, 6) is 0.804. The number of amides is 1. The maximum absolute atomic E-state index is 14.2. The van der Waals surface area contributed by atoms with Crippen LogP contribution < -0.4 is 4.74 Å². The first-order chi connectivity index (χ1) is 15.5. The number of hydrogen-bond donors (Lipinski definition) is 0. The second-order valence-electron chi connectivity index (χ2n) is 8.87. The highest BCUT2D eigenvalue weighted by molar-refractivity contribution is 9.07. The molecule has 178 valence electrons. The maximum Gasteiger partial charge on any atom is 0.274 e. The Kier molecular flexibility index (Phi) is 9.44. The lowest BCUT2D eigenvalue weighted by Crippen LogP contribution is -2.51. The van der Waals surface area contributed by atoms with Gasteiger partial charge in [-0.05, 0) is 58.1 Å². The molecule has 0 spiro atoms. The average molecular weight is 509 g/mol. The second kappa shape index (κ2) is 12.1. The van der Waals surface area contributed by atoms with E-state index in [1.54, 1.807) is 7.11 Å². The molecule has 2 heterocycles. The van der Waals surface area contributed by atoms with Crippen LogP contribution in [-0.2, 0) is 11.3 Å². The van der Waals surface area contributed by atoms with Gasteiger partial charge >= 0.3 is 0 Å². The SMILES string of the molecule is CCCOc1c(C(=O)N(C(C)C)[C@@H]2CCCN(Br)C2)n(CCCCOC)c2ccccc12. The number of ether oxygens (including phenoxy) is 2. The minimum absolute atomic E-state index is 0.0712. The molecule has 0 aliphatic carbocycles. The Morgan fingerprint density at radius 1 is 1.25 bits per heavy atom. The molecular weight excluding hydrogens is 470 g/mol. The first-order valence-electron chi connectivity index (χ1n) is 12.0. The van der Waals surface area contributed by atoms with Crippen molar-refractivity contribution >= 4 is 33.0 Å². The molecule has 0 saturated carbocycles. The third-order valence-corrected chi connectivity index (χ3v) is 6.73. The Morgan fingerprint density at radius 2 is 2.03 bits per heavy atom. The molecule has 7 heteroatoms. The van der Waals surface area contributed by atoms with Crippen molar-refractivity contribution in [1.29, 1.82) is 0 Å². The highest BCUT2D eigenvalue weighted by Gasteiger charge is 2.35. The van der Waals surface area contributed by atoms with Crippen molar-refractivity contribution in [3.63, 3.8) is 0 Å². The maximum atomic E-state index is 14.2. The van der Waals surface area contributed by atoms with Crippen molar-refractivity contribution in [2.75, 3.05) is 33.4 Å². The van der Waals surface area contributed by atoms with Crippen LogP contribution in [0.2, 0.25) is 0 Å². The molecule has 32 heavy (non-hydrogen) atoms. The number of nitrogens with zero attached hydrogens (tertiary/aromatic N) is 3. The van der Waals surface area contributed by atoms with Crippen molar-refractivity contribution in [2.45, 2.75) is 71.5 Å². The lowest BCUT2D eigenvalue weighted by molar-refractivity contribution is 0.0522. The molecule has 1 aromatic carbocycles. The fourth-order valence-corrected chi connectivity index (χ4v) is 5.25. The molecular formula is C25H38BrN3O3. The largest absolute Gasteiger partial charge is 0.490 e. The molecule has 1 saturated heterocycles. The molecule has 3 rings (SSSR count). The van der Waals surface area contributed by atoms with E-state index in [1.165, 1.54) is 0 Å². The number of fused-ring (bicyclic) bond motifs is 1. The fourth-order valence-electron chi connectivity index (χ4n) is 4.66. The molecule has 0 radical (unpaired) electrons. The molecule has 1 amide bonds. The first-order valence-corrected chi connectivity index (χ1v) is 12.7. The van der Waals surface area contributed by atoms with Crippen LogP contribution in [0, 0.1) is 0 Å². The van der Waals surface area contributed by atoms with Gasteiger partial charge in [0.2, 0.25) is 0 Å². The van der Waals surface area contributed by atoms with Gasteiger partial charge in [-0.25, -0.2) is 3.93 Å². The Labute approximate surface area is 201 Å². The molecule has 6 nitrogen and oxygen atoms in total. The number of unbranched alkanes of at least 4 members (excludes halogenated alkanes) is 1. The molecule has 1 aromatic heterocycles. The lowest BCUT2D eigenvalue weighted by Gasteiger charge is -2.39. The van der Waals surface area contributed by atoms with E-state index in [4.69, 9.17) is 9.47 Å². The average Bonchev–Trinajstić information content (AvgIpc) is 3.08. The van der Waals surface area contributed by atoms with Crippen molar-refractivity contribution < 1.29 is 14.3 Å². The van der Waals surface area contributed by atoms with Crippen LogP contribution in [0.15, 0.2) is 24.3 Å². The van der Waals surface area contributed by atoms with Crippen LogP contribution in [0.25, 0.3) is 10.9 Å². The summed E-state index contributed by atoms with van der Waals surface area (Å²) in [4.78, 5) is 16.3. The summed E-state index contributed by atoms with van der Waals surface area (Å²) in [6, 6.07) is 8.51. The van der Waals surface area contributed by atoms with Crippen LogP contribution in [0.4, 0.5) is 0 Å². The minimum atomic E-state index is 0.0712. The molecule has 0 unspecified atom stereocenters. The molecule has 1 aliphatic rings. The van der Waals surface area contributed by atoms with Crippen molar-refractivity contribution in [3.8, 4) is 5.75 Å². The molecule has 1 fully saturated rings. The summed E-state index contributed by atoms with van der Waals surface area (Å²) >= 11 is 3.65. The number of methoxy groups -OCH3 is 1. The fraction of sp³-hybridized carbons (Fsp3) is 0.640. The number of aryl methyl sites for hydroxylation is 1. The highest BCUT2D eigenvalue weighted by Crippen LogP contribution is 2.36. The predicted molar refractivity (Wildman–Crippen MR) is 134 cm³/mol. The van der Waals surface area contributed by atoms with Crippen LogP contribution in [0.3, 0.4) is 0 Å². The van der Waals surface area contributed by atoms with Gasteiger partial charge in [0.1, 0.15) is 0 Å². The van der Waals surface area contributed by atoms with Gasteiger partial charge in [-0.1, -0.05) is 19.1 Å². The Morgan fingerprint density at radius 3 is 2.72 bits per heavy atom. The number of piperidine rings is 1. The quantitative estimate of drug-likeness (QED) is 0.298. The topological polar surface area (TPSA) is 46.9 Å². The van der Waals surface area contributed by atoms with Crippen LogP contribution in [-0.4, -0.2) is 64.8 Å². The van der Waals surface area contributed by atoms with E-state index in [0.717, 1.165) is 75.0 Å². The van der Waals surface area contributed by atoms with Gasteiger partial charge in [0.15, 0.2) is 11.4 Å². The van der Waals surface area contributed by atoms with E-state index in [0.29, 0.717) is 12.3 Å². The van der Waals surface area contributed by atoms with Gasteiger partial charge in [0, 0.05) is 67.0 Å². The van der Waals surface area contributed by atoms with Gasteiger partial charge in [0.25, 0.3) is 5.91 Å². The number of carbonyl (C=O) groups is 1. The summed E-state index contributed by atoms with van der Waals surface area (Å²) in [7, 11) is 1.73. The molecule has 1 atom stereocenters.